The van der Waals surface area contributed by atoms with Crippen LogP contribution in [-0.2, 0) is 6.42 Å². The van der Waals surface area contributed by atoms with Gasteiger partial charge in [0.15, 0.2) is 0 Å². The molecular formula is C16H17ClN2O. The maximum Gasteiger partial charge on any atom is 0.257 e. The number of hydrogen-bond acceptors (Lipinski definition) is 2. The van der Waals surface area contributed by atoms with E-state index >= 15 is 0 Å². The van der Waals surface area contributed by atoms with Gasteiger partial charge in [-0.1, -0.05) is 42.8 Å². The Morgan fingerprint density at radius 1 is 1.25 bits per heavy atom. The highest BCUT2D eigenvalue weighted by Gasteiger charge is 2.14. The van der Waals surface area contributed by atoms with E-state index in [0.29, 0.717) is 16.3 Å². The minimum absolute atomic E-state index is 0.242. The molecule has 3 nitrogen and oxygen atoms in total. The number of nitrogen functional groups attached to an aromatic ring is 1. The molecule has 0 unspecified atom stereocenters. The first-order valence-electron chi connectivity index (χ1n) is 6.48. The minimum Gasteiger partial charge on any atom is -0.397 e. The van der Waals surface area contributed by atoms with Crippen molar-refractivity contribution in [2.75, 3.05) is 11.1 Å². The normalized spacial score (nSPS) is 10.3. The summed E-state index contributed by atoms with van der Waals surface area (Å²) in [6.45, 7) is 4.02. The number of halogens is 1. The van der Waals surface area contributed by atoms with Crippen LogP contribution in [0.3, 0.4) is 0 Å². The van der Waals surface area contributed by atoms with Crippen molar-refractivity contribution in [1.29, 1.82) is 0 Å². The summed E-state index contributed by atoms with van der Waals surface area (Å²) >= 11 is 5.95. The highest BCUT2D eigenvalue weighted by Crippen LogP contribution is 2.25. The van der Waals surface area contributed by atoms with Crippen LogP contribution in [0.1, 0.15) is 28.4 Å². The van der Waals surface area contributed by atoms with E-state index in [1.807, 2.05) is 25.1 Å². The number of para-hydroxylation sites is 2. The molecule has 0 fully saturated rings. The van der Waals surface area contributed by atoms with Crippen molar-refractivity contribution in [3.05, 3.63) is 58.1 Å². The summed E-state index contributed by atoms with van der Waals surface area (Å²) in [4.78, 5) is 12.4. The molecule has 3 N–H and O–H groups in total. The summed E-state index contributed by atoms with van der Waals surface area (Å²) < 4.78 is 0. The Bertz CT molecular complexity index is 653. The molecule has 4 heteroatoms. The lowest BCUT2D eigenvalue weighted by atomic mass is 10.0. The van der Waals surface area contributed by atoms with Crippen LogP contribution >= 0.6 is 11.6 Å². The summed E-state index contributed by atoms with van der Waals surface area (Å²) in [5, 5.41) is 3.32. The quantitative estimate of drug-likeness (QED) is 0.837. The van der Waals surface area contributed by atoms with Gasteiger partial charge in [0.05, 0.1) is 16.3 Å². The van der Waals surface area contributed by atoms with Gasteiger partial charge in [0.2, 0.25) is 0 Å². The maximum absolute atomic E-state index is 12.4. The molecule has 2 aromatic rings. The van der Waals surface area contributed by atoms with Crippen LogP contribution in [0.25, 0.3) is 0 Å². The Kier molecular flexibility index (Phi) is 4.30. The van der Waals surface area contributed by atoms with Gasteiger partial charge in [-0.05, 0) is 36.6 Å². The molecule has 0 aromatic heterocycles. The Labute approximate surface area is 123 Å². The number of rotatable bonds is 3. The lowest BCUT2D eigenvalue weighted by Crippen LogP contribution is -2.16. The highest BCUT2D eigenvalue weighted by molar-refractivity contribution is 6.34. The molecule has 0 heterocycles. The van der Waals surface area contributed by atoms with Gasteiger partial charge >= 0.3 is 0 Å². The van der Waals surface area contributed by atoms with Crippen LogP contribution < -0.4 is 11.1 Å². The van der Waals surface area contributed by atoms with Gasteiger partial charge < -0.3 is 11.1 Å². The number of anilines is 2. The molecule has 0 bridgehead atoms. The minimum atomic E-state index is -0.242. The molecule has 0 saturated heterocycles. The second-order valence-corrected chi connectivity index (χ2v) is 5.02. The van der Waals surface area contributed by atoms with Crippen LogP contribution in [-0.4, -0.2) is 5.91 Å². The Morgan fingerprint density at radius 3 is 2.65 bits per heavy atom. The SMILES string of the molecule is CCc1cccc(C)c1NC(=O)c1cccc(Cl)c1N. The monoisotopic (exact) mass is 288 g/mol. The molecule has 2 rings (SSSR count). The van der Waals surface area contributed by atoms with E-state index in [4.69, 9.17) is 17.3 Å². The fraction of sp³-hybridized carbons (Fsp3) is 0.188. The zero-order valence-electron chi connectivity index (χ0n) is 11.5. The van der Waals surface area contributed by atoms with E-state index in [-0.39, 0.29) is 5.91 Å². The lowest BCUT2D eigenvalue weighted by molar-refractivity contribution is 0.102. The van der Waals surface area contributed by atoms with Gasteiger partial charge in [-0.15, -0.1) is 0 Å². The van der Waals surface area contributed by atoms with Gasteiger partial charge in [-0.2, -0.15) is 0 Å². The molecule has 0 saturated carbocycles. The Balaban J connectivity index is 2.35. The largest absolute Gasteiger partial charge is 0.397 e. The third kappa shape index (κ3) is 2.78. The standard InChI is InChI=1S/C16H17ClN2O/c1-3-11-7-4-6-10(2)15(11)19-16(20)12-8-5-9-13(17)14(12)18/h4-9H,3,18H2,1-2H3,(H,19,20). The third-order valence-electron chi connectivity index (χ3n) is 3.28. The van der Waals surface area contributed by atoms with Crippen LogP contribution in [0, 0.1) is 6.92 Å². The molecular weight excluding hydrogens is 272 g/mol. The molecule has 104 valence electrons. The van der Waals surface area contributed by atoms with Gasteiger partial charge in [-0.3, -0.25) is 4.79 Å². The van der Waals surface area contributed by atoms with Crippen LogP contribution in [0.2, 0.25) is 5.02 Å². The Morgan fingerprint density at radius 2 is 1.95 bits per heavy atom. The van der Waals surface area contributed by atoms with Crippen molar-refractivity contribution < 1.29 is 4.79 Å². The molecule has 1 amide bonds. The van der Waals surface area contributed by atoms with Crippen molar-refractivity contribution in [3.8, 4) is 0 Å². The average molecular weight is 289 g/mol. The predicted octanol–water partition coefficient (Wildman–Crippen LogP) is 4.05. The maximum atomic E-state index is 12.4. The number of nitrogens with one attached hydrogen (secondary N) is 1. The number of hydrogen-bond donors (Lipinski definition) is 2. The zero-order valence-corrected chi connectivity index (χ0v) is 12.3. The van der Waals surface area contributed by atoms with Gasteiger partial charge in [0, 0.05) is 5.69 Å². The van der Waals surface area contributed by atoms with Crippen LogP contribution in [0.15, 0.2) is 36.4 Å². The molecule has 0 spiro atoms. The van der Waals surface area contributed by atoms with E-state index < -0.39 is 0 Å². The first-order chi connectivity index (χ1) is 9.54. The summed E-state index contributed by atoms with van der Waals surface area (Å²) in [6.07, 6.45) is 0.850. The molecule has 0 aliphatic carbocycles. The van der Waals surface area contributed by atoms with E-state index in [1.54, 1.807) is 18.2 Å². The first-order valence-corrected chi connectivity index (χ1v) is 6.86. The van der Waals surface area contributed by atoms with E-state index in [0.717, 1.165) is 23.2 Å². The van der Waals surface area contributed by atoms with Crippen molar-refractivity contribution in [2.24, 2.45) is 0 Å². The smallest absolute Gasteiger partial charge is 0.257 e. The summed E-state index contributed by atoms with van der Waals surface area (Å²) in [5.74, 6) is -0.242. The summed E-state index contributed by atoms with van der Waals surface area (Å²) in [6, 6.07) is 11.0. The molecule has 0 radical (unpaired) electrons. The number of carbonyl (C=O) groups excluding carboxylic acids is 1. The number of benzene rings is 2. The summed E-state index contributed by atoms with van der Waals surface area (Å²) in [5.41, 5.74) is 9.52. The molecule has 0 atom stereocenters. The van der Waals surface area contributed by atoms with Crippen molar-refractivity contribution >= 4 is 28.9 Å². The van der Waals surface area contributed by atoms with Crippen LogP contribution in [0.4, 0.5) is 11.4 Å². The van der Waals surface area contributed by atoms with Gasteiger partial charge in [0.25, 0.3) is 5.91 Å². The third-order valence-corrected chi connectivity index (χ3v) is 3.61. The predicted molar refractivity (Wildman–Crippen MR) is 84.4 cm³/mol. The van der Waals surface area contributed by atoms with Crippen molar-refractivity contribution in [2.45, 2.75) is 20.3 Å². The Hall–Kier alpha value is -2.00. The molecule has 0 aliphatic heterocycles. The number of nitrogens with two attached hydrogens (primary N) is 1. The first kappa shape index (κ1) is 14.4. The molecule has 0 aliphatic rings. The second kappa shape index (κ2) is 5.97. The molecule has 20 heavy (non-hydrogen) atoms. The van der Waals surface area contributed by atoms with E-state index in [1.165, 1.54) is 0 Å². The second-order valence-electron chi connectivity index (χ2n) is 4.62. The number of carbonyl (C=O) groups is 1. The molecule has 2 aromatic carbocycles. The van der Waals surface area contributed by atoms with Crippen LogP contribution in [0.5, 0.6) is 0 Å². The summed E-state index contributed by atoms with van der Waals surface area (Å²) in [7, 11) is 0. The van der Waals surface area contributed by atoms with E-state index in [9.17, 15) is 4.79 Å². The topological polar surface area (TPSA) is 55.1 Å². The van der Waals surface area contributed by atoms with Crippen molar-refractivity contribution in [3.63, 3.8) is 0 Å². The van der Waals surface area contributed by atoms with E-state index in [2.05, 4.69) is 12.2 Å². The fourth-order valence-corrected chi connectivity index (χ4v) is 2.29. The zero-order chi connectivity index (χ0) is 14.7. The number of aryl methyl sites for hydroxylation is 2. The van der Waals surface area contributed by atoms with Crippen molar-refractivity contribution in [1.82, 2.24) is 0 Å². The van der Waals surface area contributed by atoms with Gasteiger partial charge in [0.1, 0.15) is 0 Å². The number of amides is 1. The fourth-order valence-electron chi connectivity index (χ4n) is 2.12. The average Bonchev–Trinajstić information content (AvgIpc) is 2.44. The lowest BCUT2D eigenvalue weighted by Gasteiger charge is -2.14. The van der Waals surface area contributed by atoms with Gasteiger partial charge in [-0.25, -0.2) is 0 Å². The highest BCUT2D eigenvalue weighted by atomic mass is 35.5.